The van der Waals surface area contributed by atoms with E-state index < -0.39 is 0 Å². The predicted molar refractivity (Wildman–Crippen MR) is 84.1 cm³/mol. The van der Waals surface area contributed by atoms with E-state index in [1.165, 1.54) is 5.69 Å². The Balaban J connectivity index is 1.68. The SMILES string of the molecule is Nc1ncc2cnn(-c3ccc(N4CCOCC4)cc3)c2n1. The Morgan fingerprint density at radius 1 is 1.00 bits per heavy atom. The fourth-order valence-corrected chi connectivity index (χ4v) is 2.65. The number of hydrogen-bond donors (Lipinski definition) is 1. The molecule has 1 fully saturated rings. The Labute approximate surface area is 127 Å². The van der Waals surface area contributed by atoms with Gasteiger partial charge in [-0.3, -0.25) is 0 Å². The molecule has 0 atom stereocenters. The molecule has 0 aliphatic carbocycles. The molecule has 4 rings (SSSR count). The number of aromatic nitrogens is 4. The lowest BCUT2D eigenvalue weighted by Gasteiger charge is -2.28. The second-order valence-corrected chi connectivity index (χ2v) is 5.18. The van der Waals surface area contributed by atoms with Crippen LogP contribution in [-0.2, 0) is 4.74 Å². The van der Waals surface area contributed by atoms with Crippen LogP contribution in [0.2, 0.25) is 0 Å². The molecule has 1 saturated heterocycles. The molecule has 0 radical (unpaired) electrons. The third kappa shape index (κ3) is 2.25. The fraction of sp³-hybridized carbons (Fsp3) is 0.267. The molecule has 3 aromatic rings. The number of nitrogen functional groups attached to an aromatic ring is 1. The van der Waals surface area contributed by atoms with Gasteiger partial charge in [0.05, 0.1) is 30.5 Å². The quantitative estimate of drug-likeness (QED) is 0.766. The van der Waals surface area contributed by atoms with Crippen molar-refractivity contribution in [3.63, 3.8) is 0 Å². The normalized spacial score (nSPS) is 15.4. The first-order chi connectivity index (χ1) is 10.8. The summed E-state index contributed by atoms with van der Waals surface area (Å²) in [6.45, 7) is 3.41. The Kier molecular flexibility index (Phi) is 3.12. The van der Waals surface area contributed by atoms with Crippen molar-refractivity contribution in [2.24, 2.45) is 0 Å². The van der Waals surface area contributed by atoms with Gasteiger partial charge in [-0.1, -0.05) is 0 Å². The van der Waals surface area contributed by atoms with E-state index in [4.69, 9.17) is 10.5 Å². The molecule has 1 aliphatic rings. The van der Waals surface area contributed by atoms with Gasteiger partial charge in [0.2, 0.25) is 5.95 Å². The third-order valence-corrected chi connectivity index (χ3v) is 3.80. The summed E-state index contributed by atoms with van der Waals surface area (Å²) in [5.74, 6) is 0.249. The number of fused-ring (bicyclic) bond motifs is 1. The van der Waals surface area contributed by atoms with E-state index in [0.717, 1.165) is 37.4 Å². The third-order valence-electron chi connectivity index (χ3n) is 3.80. The highest BCUT2D eigenvalue weighted by Gasteiger charge is 2.12. The van der Waals surface area contributed by atoms with Crippen LogP contribution in [0.4, 0.5) is 11.6 Å². The molecule has 0 spiro atoms. The smallest absolute Gasteiger partial charge is 0.222 e. The Morgan fingerprint density at radius 3 is 2.50 bits per heavy atom. The first-order valence-electron chi connectivity index (χ1n) is 7.21. The van der Waals surface area contributed by atoms with Gasteiger partial charge in [0.1, 0.15) is 0 Å². The molecule has 0 saturated carbocycles. The number of morpholine rings is 1. The second-order valence-electron chi connectivity index (χ2n) is 5.18. The van der Waals surface area contributed by atoms with Crippen LogP contribution in [0, 0.1) is 0 Å². The Bertz CT molecular complexity index is 791. The summed E-state index contributed by atoms with van der Waals surface area (Å²) >= 11 is 0. The number of anilines is 2. The molecular formula is C15H16N6O. The summed E-state index contributed by atoms with van der Waals surface area (Å²) in [5, 5.41) is 5.24. The van der Waals surface area contributed by atoms with E-state index >= 15 is 0 Å². The van der Waals surface area contributed by atoms with Gasteiger partial charge in [0.25, 0.3) is 0 Å². The minimum absolute atomic E-state index is 0.249. The van der Waals surface area contributed by atoms with Crippen molar-refractivity contribution < 1.29 is 4.74 Å². The van der Waals surface area contributed by atoms with E-state index in [1.54, 1.807) is 17.1 Å². The summed E-state index contributed by atoms with van der Waals surface area (Å²) in [6, 6.07) is 8.27. The molecule has 2 aromatic heterocycles. The average molecular weight is 296 g/mol. The van der Waals surface area contributed by atoms with Crippen molar-refractivity contribution in [3.05, 3.63) is 36.7 Å². The van der Waals surface area contributed by atoms with Crippen molar-refractivity contribution in [2.45, 2.75) is 0 Å². The topological polar surface area (TPSA) is 82.1 Å². The van der Waals surface area contributed by atoms with Crippen LogP contribution in [0.1, 0.15) is 0 Å². The molecule has 112 valence electrons. The average Bonchev–Trinajstić information content (AvgIpc) is 2.99. The van der Waals surface area contributed by atoms with Gasteiger partial charge in [-0.25, -0.2) is 9.67 Å². The number of rotatable bonds is 2. The van der Waals surface area contributed by atoms with Crippen LogP contribution < -0.4 is 10.6 Å². The lowest BCUT2D eigenvalue weighted by Crippen LogP contribution is -2.36. The monoisotopic (exact) mass is 296 g/mol. The highest BCUT2D eigenvalue weighted by atomic mass is 16.5. The summed E-state index contributed by atoms with van der Waals surface area (Å²) in [4.78, 5) is 10.6. The number of ether oxygens (including phenoxy) is 1. The standard InChI is InChI=1S/C15H16N6O/c16-15-17-9-11-10-18-21(14(11)19-15)13-3-1-12(2-4-13)20-5-7-22-8-6-20/h1-4,9-10H,5-8H2,(H2,16,17,19). The highest BCUT2D eigenvalue weighted by Crippen LogP contribution is 2.21. The minimum Gasteiger partial charge on any atom is -0.378 e. The lowest BCUT2D eigenvalue weighted by molar-refractivity contribution is 0.122. The molecule has 0 amide bonds. The maximum absolute atomic E-state index is 5.67. The number of benzene rings is 1. The van der Waals surface area contributed by atoms with Crippen molar-refractivity contribution in [2.75, 3.05) is 36.9 Å². The van der Waals surface area contributed by atoms with E-state index in [9.17, 15) is 0 Å². The van der Waals surface area contributed by atoms with Gasteiger partial charge in [-0.15, -0.1) is 0 Å². The molecule has 2 N–H and O–H groups in total. The summed E-state index contributed by atoms with van der Waals surface area (Å²) < 4.78 is 7.16. The molecule has 0 unspecified atom stereocenters. The van der Waals surface area contributed by atoms with Crippen LogP contribution in [0.5, 0.6) is 0 Å². The van der Waals surface area contributed by atoms with Gasteiger partial charge >= 0.3 is 0 Å². The van der Waals surface area contributed by atoms with Crippen molar-refractivity contribution in [1.29, 1.82) is 0 Å². The van der Waals surface area contributed by atoms with Crippen LogP contribution in [-0.4, -0.2) is 46.1 Å². The van der Waals surface area contributed by atoms with Crippen LogP contribution in [0.15, 0.2) is 36.7 Å². The number of hydrogen-bond acceptors (Lipinski definition) is 6. The second kappa shape index (κ2) is 5.27. The first kappa shape index (κ1) is 13.0. The fourth-order valence-electron chi connectivity index (χ4n) is 2.65. The zero-order valence-electron chi connectivity index (χ0n) is 12.0. The van der Waals surface area contributed by atoms with E-state index in [-0.39, 0.29) is 5.95 Å². The molecule has 22 heavy (non-hydrogen) atoms. The molecule has 0 bridgehead atoms. The van der Waals surface area contributed by atoms with Gasteiger partial charge in [0.15, 0.2) is 5.65 Å². The summed E-state index contributed by atoms with van der Waals surface area (Å²) in [5.41, 5.74) is 8.53. The molecule has 1 aromatic carbocycles. The maximum Gasteiger partial charge on any atom is 0.222 e. The van der Waals surface area contributed by atoms with Gasteiger partial charge < -0.3 is 15.4 Å². The van der Waals surface area contributed by atoms with Crippen molar-refractivity contribution >= 4 is 22.7 Å². The highest BCUT2D eigenvalue weighted by molar-refractivity contribution is 5.76. The van der Waals surface area contributed by atoms with Crippen molar-refractivity contribution in [3.8, 4) is 5.69 Å². The zero-order valence-corrected chi connectivity index (χ0v) is 12.0. The first-order valence-corrected chi connectivity index (χ1v) is 7.21. The summed E-state index contributed by atoms with van der Waals surface area (Å²) in [6.07, 6.45) is 3.42. The van der Waals surface area contributed by atoms with Gasteiger partial charge in [0, 0.05) is 25.0 Å². The van der Waals surface area contributed by atoms with Gasteiger partial charge in [-0.2, -0.15) is 10.1 Å². The van der Waals surface area contributed by atoms with Crippen LogP contribution in [0.3, 0.4) is 0 Å². The van der Waals surface area contributed by atoms with E-state index in [0.29, 0.717) is 5.65 Å². The minimum atomic E-state index is 0.249. The molecular weight excluding hydrogens is 280 g/mol. The lowest BCUT2D eigenvalue weighted by atomic mass is 10.2. The maximum atomic E-state index is 5.67. The van der Waals surface area contributed by atoms with E-state index in [2.05, 4.69) is 32.1 Å². The largest absolute Gasteiger partial charge is 0.378 e. The van der Waals surface area contributed by atoms with Gasteiger partial charge in [-0.05, 0) is 24.3 Å². The summed E-state index contributed by atoms with van der Waals surface area (Å²) in [7, 11) is 0. The Morgan fingerprint density at radius 2 is 1.73 bits per heavy atom. The molecule has 7 nitrogen and oxygen atoms in total. The number of nitrogens with two attached hydrogens (primary N) is 1. The number of nitrogens with zero attached hydrogens (tertiary/aromatic N) is 5. The predicted octanol–water partition coefficient (Wildman–Crippen LogP) is 1.23. The van der Waals surface area contributed by atoms with Crippen LogP contribution >= 0.6 is 0 Å². The van der Waals surface area contributed by atoms with Crippen molar-refractivity contribution in [1.82, 2.24) is 19.7 Å². The molecule has 1 aliphatic heterocycles. The molecule has 7 heteroatoms. The molecule has 3 heterocycles. The zero-order chi connectivity index (χ0) is 14.9. The van der Waals surface area contributed by atoms with Crippen LogP contribution in [0.25, 0.3) is 16.7 Å². The Hall–Kier alpha value is -2.67. The van der Waals surface area contributed by atoms with E-state index in [1.807, 2.05) is 12.1 Å².